The Balaban J connectivity index is 1.26. The summed E-state index contributed by atoms with van der Waals surface area (Å²) in [6.07, 6.45) is -0.464. The molecule has 0 bridgehead atoms. The van der Waals surface area contributed by atoms with Gasteiger partial charge in [-0.05, 0) is 56.8 Å². The maximum atomic E-state index is 6.25. The lowest BCUT2D eigenvalue weighted by Gasteiger charge is -2.23. The van der Waals surface area contributed by atoms with E-state index in [-0.39, 0.29) is 0 Å². The second-order valence-corrected chi connectivity index (χ2v) is 11.8. The van der Waals surface area contributed by atoms with Crippen LogP contribution in [0.25, 0.3) is 55.0 Å². The van der Waals surface area contributed by atoms with Crippen LogP contribution in [0.3, 0.4) is 0 Å². The van der Waals surface area contributed by atoms with Crippen LogP contribution < -0.4 is 5.32 Å². The van der Waals surface area contributed by atoms with Crippen molar-refractivity contribution in [1.29, 1.82) is 0 Å². The van der Waals surface area contributed by atoms with E-state index in [1.807, 2.05) is 48.5 Å². The fraction of sp³-hybridized carbons (Fsp3) is 0.0233. The van der Waals surface area contributed by atoms with E-state index in [1.165, 1.54) is 27.5 Å². The first kappa shape index (κ1) is 27.1. The Hall–Kier alpha value is -6.26. The minimum Gasteiger partial charge on any atom is -0.456 e. The summed E-state index contributed by atoms with van der Waals surface area (Å²) in [5.41, 5.74) is 9.37. The zero-order valence-corrected chi connectivity index (χ0v) is 25.5. The Labute approximate surface area is 272 Å². The number of amidine groups is 2. The second-order valence-electron chi connectivity index (χ2n) is 11.8. The summed E-state index contributed by atoms with van der Waals surface area (Å²) >= 11 is 0. The Morgan fingerprint density at radius 2 is 1.09 bits per heavy atom. The summed E-state index contributed by atoms with van der Waals surface area (Å²) in [5.74, 6) is 1.55. The number of rotatable bonds is 5. The monoisotopic (exact) mass is 603 g/mol. The molecule has 0 radical (unpaired) electrons. The Bertz CT molecular complexity index is 2490. The fourth-order valence-electron chi connectivity index (χ4n) is 6.73. The van der Waals surface area contributed by atoms with Gasteiger partial charge in [0.05, 0.1) is 0 Å². The van der Waals surface area contributed by atoms with Gasteiger partial charge in [-0.1, -0.05) is 146 Å². The molecular weight excluding hydrogens is 574 g/mol. The highest BCUT2D eigenvalue weighted by molar-refractivity contribution is 6.23. The van der Waals surface area contributed by atoms with Crippen molar-refractivity contribution in [3.8, 4) is 22.3 Å². The molecule has 0 spiro atoms. The van der Waals surface area contributed by atoms with Crippen molar-refractivity contribution in [2.45, 2.75) is 6.17 Å². The smallest absolute Gasteiger partial charge is 0.169 e. The standard InChI is InChI=1S/C43H29N3O/c1-3-13-28(14-4-1)33-26-25-31(27-37(33)34-21-11-18-29-15-7-8-19-32(29)34)42-44-41(30-16-5-2-6-17-30)45-43(46-42)36-22-12-24-39-40(36)35-20-9-10-23-38(35)47-39/h1-27,42H,(H,44,45,46). The molecule has 1 aromatic heterocycles. The molecular formula is C43H29N3O. The lowest BCUT2D eigenvalue weighted by atomic mass is 9.89. The van der Waals surface area contributed by atoms with Gasteiger partial charge in [-0.2, -0.15) is 0 Å². The van der Waals surface area contributed by atoms with Gasteiger partial charge in [-0.15, -0.1) is 0 Å². The highest BCUT2D eigenvalue weighted by Crippen LogP contribution is 2.39. The number of nitrogens with one attached hydrogen (secondary N) is 1. The zero-order valence-electron chi connectivity index (χ0n) is 25.5. The van der Waals surface area contributed by atoms with E-state index in [2.05, 4.69) is 121 Å². The van der Waals surface area contributed by atoms with Gasteiger partial charge in [0.25, 0.3) is 0 Å². The number of aliphatic imine (C=N–C) groups is 2. The number of nitrogens with zero attached hydrogens (tertiary/aromatic N) is 2. The molecule has 9 rings (SSSR count). The highest BCUT2D eigenvalue weighted by Gasteiger charge is 2.24. The lowest BCUT2D eigenvalue weighted by Crippen LogP contribution is -2.36. The average molecular weight is 604 g/mol. The Kier molecular flexibility index (Phi) is 6.50. The van der Waals surface area contributed by atoms with E-state index in [1.54, 1.807) is 0 Å². The van der Waals surface area contributed by atoms with Crippen molar-refractivity contribution >= 4 is 44.4 Å². The molecule has 8 aromatic rings. The molecule has 4 nitrogen and oxygen atoms in total. The Morgan fingerprint density at radius 1 is 0.447 bits per heavy atom. The molecule has 4 heteroatoms. The molecule has 2 heterocycles. The molecule has 1 unspecified atom stereocenters. The van der Waals surface area contributed by atoms with Crippen LogP contribution in [-0.2, 0) is 0 Å². The number of para-hydroxylation sites is 1. The molecule has 7 aromatic carbocycles. The molecule has 0 saturated carbocycles. The molecule has 0 saturated heterocycles. The largest absolute Gasteiger partial charge is 0.456 e. The third kappa shape index (κ3) is 4.79. The van der Waals surface area contributed by atoms with Crippen LogP contribution in [0, 0.1) is 0 Å². The summed E-state index contributed by atoms with van der Waals surface area (Å²) in [4.78, 5) is 10.5. The summed E-state index contributed by atoms with van der Waals surface area (Å²) in [6, 6.07) is 57.0. The summed E-state index contributed by atoms with van der Waals surface area (Å²) in [5, 5.41) is 8.13. The number of hydrogen-bond acceptors (Lipinski definition) is 4. The van der Waals surface area contributed by atoms with Crippen LogP contribution in [-0.4, -0.2) is 11.7 Å². The van der Waals surface area contributed by atoms with Gasteiger partial charge < -0.3 is 9.73 Å². The van der Waals surface area contributed by atoms with Crippen LogP contribution in [0.1, 0.15) is 22.9 Å². The van der Waals surface area contributed by atoms with Crippen LogP contribution in [0.4, 0.5) is 0 Å². The zero-order chi connectivity index (χ0) is 31.2. The Morgan fingerprint density at radius 3 is 1.94 bits per heavy atom. The quantitative estimate of drug-likeness (QED) is 0.213. The van der Waals surface area contributed by atoms with E-state index in [0.717, 1.165) is 55.9 Å². The van der Waals surface area contributed by atoms with Gasteiger partial charge in [0.15, 0.2) is 6.17 Å². The number of furan rings is 1. The predicted octanol–water partition coefficient (Wildman–Crippen LogP) is 10.6. The topological polar surface area (TPSA) is 49.9 Å². The van der Waals surface area contributed by atoms with Crippen molar-refractivity contribution in [3.05, 3.63) is 180 Å². The van der Waals surface area contributed by atoms with Gasteiger partial charge in [0, 0.05) is 21.9 Å². The maximum absolute atomic E-state index is 6.25. The van der Waals surface area contributed by atoms with Crippen LogP contribution in [0.5, 0.6) is 0 Å². The van der Waals surface area contributed by atoms with E-state index in [0.29, 0.717) is 0 Å². The van der Waals surface area contributed by atoms with Gasteiger partial charge in [-0.25, -0.2) is 9.98 Å². The summed E-state index contributed by atoms with van der Waals surface area (Å²) in [7, 11) is 0. The number of fused-ring (bicyclic) bond motifs is 4. The van der Waals surface area contributed by atoms with Gasteiger partial charge in [-0.3, -0.25) is 0 Å². The van der Waals surface area contributed by atoms with Crippen LogP contribution >= 0.6 is 0 Å². The molecule has 1 atom stereocenters. The molecule has 47 heavy (non-hydrogen) atoms. The molecule has 1 aliphatic rings. The normalized spacial score (nSPS) is 14.6. The average Bonchev–Trinajstić information content (AvgIpc) is 3.54. The van der Waals surface area contributed by atoms with Gasteiger partial charge >= 0.3 is 0 Å². The third-order valence-corrected chi connectivity index (χ3v) is 8.95. The van der Waals surface area contributed by atoms with Crippen LogP contribution in [0.2, 0.25) is 0 Å². The number of benzene rings is 7. The van der Waals surface area contributed by atoms with Crippen molar-refractivity contribution in [3.63, 3.8) is 0 Å². The van der Waals surface area contributed by atoms with Gasteiger partial charge in [0.1, 0.15) is 22.8 Å². The molecule has 1 N–H and O–H groups in total. The summed E-state index contributed by atoms with van der Waals surface area (Å²) < 4.78 is 6.25. The molecule has 0 aliphatic carbocycles. The second kappa shape index (κ2) is 11.3. The van der Waals surface area contributed by atoms with E-state index >= 15 is 0 Å². The molecule has 1 aliphatic heterocycles. The number of hydrogen-bond donors (Lipinski definition) is 1. The molecule has 222 valence electrons. The maximum Gasteiger partial charge on any atom is 0.169 e. The van der Waals surface area contributed by atoms with E-state index < -0.39 is 6.17 Å². The van der Waals surface area contributed by atoms with Gasteiger partial charge in [0.2, 0.25) is 0 Å². The minimum absolute atomic E-state index is 0.464. The van der Waals surface area contributed by atoms with Crippen molar-refractivity contribution < 1.29 is 4.42 Å². The fourth-order valence-corrected chi connectivity index (χ4v) is 6.73. The summed E-state index contributed by atoms with van der Waals surface area (Å²) in [6.45, 7) is 0. The first-order chi connectivity index (χ1) is 23.3. The third-order valence-electron chi connectivity index (χ3n) is 8.95. The first-order valence-electron chi connectivity index (χ1n) is 15.9. The van der Waals surface area contributed by atoms with E-state index in [9.17, 15) is 0 Å². The van der Waals surface area contributed by atoms with Crippen molar-refractivity contribution in [2.75, 3.05) is 0 Å². The minimum atomic E-state index is -0.464. The van der Waals surface area contributed by atoms with Crippen molar-refractivity contribution in [2.24, 2.45) is 9.98 Å². The molecule has 0 amide bonds. The predicted molar refractivity (Wildman–Crippen MR) is 194 cm³/mol. The SMILES string of the molecule is c1ccc(C2=NC(c3ccc(-c4ccccc4)c(-c4cccc5ccccc45)c3)N=C(c3cccc4oc5ccccc5c34)N2)cc1. The molecule has 0 fully saturated rings. The van der Waals surface area contributed by atoms with Crippen LogP contribution in [0.15, 0.2) is 178 Å². The first-order valence-corrected chi connectivity index (χ1v) is 15.9. The lowest BCUT2D eigenvalue weighted by molar-refractivity contribution is 0.669. The highest BCUT2D eigenvalue weighted by atomic mass is 16.3. The van der Waals surface area contributed by atoms with E-state index in [4.69, 9.17) is 14.4 Å². The van der Waals surface area contributed by atoms with Crippen molar-refractivity contribution in [1.82, 2.24) is 5.32 Å².